The molecule has 8 nitrogen and oxygen atoms in total. The van der Waals surface area contributed by atoms with E-state index in [1.807, 2.05) is 49.4 Å². The van der Waals surface area contributed by atoms with Crippen molar-refractivity contribution in [2.45, 2.75) is 6.92 Å². The SMILES string of the molecule is Cc1cc(N)cc(-n2c(=O)n(-c3ccc(Oc4ccccc4)cc3)c3c(N)ncnc32)c1. The van der Waals surface area contributed by atoms with Crippen LogP contribution < -0.4 is 21.9 Å². The fourth-order valence-electron chi connectivity index (χ4n) is 3.73. The van der Waals surface area contributed by atoms with Crippen LogP contribution in [0.25, 0.3) is 22.5 Å². The van der Waals surface area contributed by atoms with Gasteiger partial charge in [0.15, 0.2) is 11.5 Å². The van der Waals surface area contributed by atoms with Gasteiger partial charge in [-0.15, -0.1) is 0 Å². The third-order valence-corrected chi connectivity index (χ3v) is 5.07. The molecule has 0 amide bonds. The zero-order valence-electron chi connectivity index (χ0n) is 17.3. The molecule has 0 unspecified atom stereocenters. The van der Waals surface area contributed by atoms with Crippen molar-refractivity contribution in [3.8, 4) is 22.9 Å². The first-order valence-electron chi connectivity index (χ1n) is 9.96. The van der Waals surface area contributed by atoms with Crippen LogP contribution in [0.2, 0.25) is 0 Å². The van der Waals surface area contributed by atoms with Crippen molar-refractivity contribution in [1.29, 1.82) is 0 Å². The van der Waals surface area contributed by atoms with Gasteiger partial charge in [-0.3, -0.25) is 4.57 Å². The highest BCUT2D eigenvalue weighted by molar-refractivity contribution is 5.85. The molecule has 4 N–H and O–H groups in total. The molecule has 0 bridgehead atoms. The Morgan fingerprint density at radius 1 is 0.812 bits per heavy atom. The van der Waals surface area contributed by atoms with Crippen LogP contribution in [0.4, 0.5) is 11.5 Å². The molecular formula is C24H20N6O2. The first-order valence-corrected chi connectivity index (χ1v) is 9.96. The van der Waals surface area contributed by atoms with Crippen LogP contribution in [0, 0.1) is 6.92 Å². The highest BCUT2D eigenvalue weighted by Crippen LogP contribution is 2.26. The van der Waals surface area contributed by atoms with Crippen LogP contribution in [0.15, 0.2) is 83.9 Å². The molecule has 158 valence electrons. The van der Waals surface area contributed by atoms with Gasteiger partial charge < -0.3 is 16.2 Å². The zero-order valence-corrected chi connectivity index (χ0v) is 17.3. The average Bonchev–Trinajstić information content (AvgIpc) is 3.07. The number of para-hydroxylation sites is 1. The number of nitrogen functional groups attached to an aromatic ring is 2. The number of hydrogen-bond donors (Lipinski definition) is 2. The first-order chi connectivity index (χ1) is 15.5. The predicted octanol–water partition coefficient (Wildman–Crippen LogP) is 3.84. The lowest BCUT2D eigenvalue weighted by Crippen LogP contribution is -2.22. The van der Waals surface area contributed by atoms with Crippen LogP contribution in [-0.4, -0.2) is 19.1 Å². The van der Waals surface area contributed by atoms with Crippen LogP contribution in [0.5, 0.6) is 11.5 Å². The van der Waals surface area contributed by atoms with E-state index in [1.54, 1.807) is 30.3 Å². The number of imidazole rings is 1. The van der Waals surface area contributed by atoms with Gasteiger partial charge in [-0.25, -0.2) is 19.3 Å². The Morgan fingerprint density at radius 3 is 2.25 bits per heavy atom. The minimum absolute atomic E-state index is 0.205. The Hall–Kier alpha value is -4.59. The average molecular weight is 424 g/mol. The molecule has 0 saturated carbocycles. The molecule has 2 aromatic heterocycles. The van der Waals surface area contributed by atoms with Crippen molar-refractivity contribution < 1.29 is 4.74 Å². The number of ether oxygens (including phenoxy) is 1. The number of nitrogens with two attached hydrogens (primary N) is 2. The largest absolute Gasteiger partial charge is 0.457 e. The molecule has 8 heteroatoms. The molecule has 2 heterocycles. The monoisotopic (exact) mass is 424 g/mol. The molecule has 3 aromatic carbocycles. The van der Waals surface area contributed by atoms with Gasteiger partial charge in [0, 0.05) is 5.69 Å². The van der Waals surface area contributed by atoms with E-state index in [0.717, 1.165) is 11.3 Å². The van der Waals surface area contributed by atoms with Crippen LogP contribution in [-0.2, 0) is 0 Å². The summed E-state index contributed by atoms with van der Waals surface area (Å²) in [6.07, 6.45) is 1.34. The fourth-order valence-corrected chi connectivity index (χ4v) is 3.73. The minimum atomic E-state index is -0.325. The highest BCUT2D eigenvalue weighted by Gasteiger charge is 2.20. The lowest BCUT2D eigenvalue weighted by Gasteiger charge is -2.08. The molecule has 32 heavy (non-hydrogen) atoms. The van der Waals surface area contributed by atoms with Gasteiger partial charge in [0.25, 0.3) is 0 Å². The summed E-state index contributed by atoms with van der Waals surface area (Å²) in [5, 5.41) is 0. The fraction of sp³-hybridized carbons (Fsp3) is 0.0417. The van der Waals surface area contributed by atoms with Gasteiger partial charge in [0.1, 0.15) is 23.3 Å². The third kappa shape index (κ3) is 3.33. The molecule has 0 aliphatic heterocycles. The Kier molecular flexibility index (Phi) is 4.59. The number of rotatable bonds is 4. The summed E-state index contributed by atoms with van der Waals surface area (Å²) in [6.45, 7) is 1.92. The van der Waals surface area contributed by atoms with Crippen molar-refractivity contribution in [1.82, 2.24) is 19.1 Å². The molecule has 0 atom stereocenters. The lowest BCUT2D eigenvalue weighted by atomic mass is 10.2. The summed E-state index contributed by atoms with van der Waals surface area (Å²) in [5.74, 6) is 1.58. The number of aryl methyl sites for hydroxylation is 1. The van der Waals surface area contributed by atoms with Crippen LogP contribution >= 0.6 is 0 Å². The van der Waals surface area contributed by atoms with Crippen LogP contribution in [0.1, 0.15) is 5.56 Å². The van der Waals surface area contributed by atoms with E-state index in [-0.39, 0.29) is 11.5 Å². The number of anilines is 2. The molecule has 5 rings (SSSR count). The van der Waals surface area contributed by atoms with Gasteiger partial charge in [-0.1, -0.05) is 18.2 Å². The van der Waals surface area contributed by atoms with E-state index in [4.69, 9.17) is 16.2 Å². The second-order valence-corrected chi connectivity index (χ2v) is 7.40. The molecule has 5 aromatic rings. The van der Waals surface area contributed by atoms with Crippen molar-refractivity contribution in [2.24, 2.45) is 0 Å². The van der Waals surface area contributed by atoms with Crippen LogP contribution in [0.3, 0.4) is 0 Å². The molecule has 0 aliphatic rings. The second-order valence-electron chi connectivity index (χ2n) is 7.40. The van der Waals surface area contributed by atoms with Crippen molar-refractivity contribution in [3.05, 3.63) is 95.2 Å². The van der Waals surface area contributed by atoms with E-state index < -0.39 is 0 Å². The second kappa shape index (κ2) is 7.59. The number of nitrogens with zero attached hydrogens (tertiary/aromatic N) is 4. The quantitative estimate of drug-likeness (QED) is 0.424. The minimum Gasteiger partial charge on any atom is -0.457 e. The molecule has 0 saturated heterocycles. The number of hydrogen-bond acceptors (Lipinski definition) is 6. The van der Waals surface area contributed by atoms with E-state index >= 15 is 0 Å². The van der Waals surface area contributed by atoms with Gasteiger partial charge in [-0.05, 0) is 67.1 Å². The topological polar surface area (TPSA) is 114 Å². The van der Waals surface area contributed by atoms with E-state index in [9.17, 15) is 4.79 Å². The maximum absolute atomic E-state index is 13.6. The Labute approximate surface area is 183 Å². The number of fused-ring (bicyclic) bond motifs is 1. The van der Waals surface area contributed by atoms with Gasteiger partial charge >= 0.3 is 5.69 Å². The van der Waals surface area contributed by atoms with E-state index in [2.05, 4.69) is 9.97 Å². The summed E-state index contributed by atoms with van der Waals surface area (Å²) in [5.41, 5.74) is 15.4. The number of aromatic nitrogens is 4. The normalized spacial score (nSPS) is 11.0. The lowest BCUT2D eigenvalue weighted by molar-refractivity contribution is 0.482. The summed E-state index contributed by atoms with van der Waals surface area (Å²) in [6, 6.07) is 22.1. The summed E-state index contributed by atoms with van der Waals surface area (Å²) < 4.78 is 8.84. The third-order valence-electron chi connectivity index (χ3n) is 5.07. The maximum Gasteiger partial charge on any atom is 0.339 e. The van der Waals surface area contributed by atoms with Gasteiger partial charge in [-0.2, -0.15) is 0 Å². The molecule has 0 radical (unpaired) electrons. The Morgan fingerprint density at radius 2 is 1.53 bits per heavy atom. The summed E-state index contributed by atoms with van der Waals surface area (Å²) >= 11 is 0. The van der Waals surface area contributed by atoms with E-state index in [1.165, 1.54) is 15.5 Å². The Balaban J connectivity index is 1.66. The standard InChI is InChI=1S/C24H20N6O2/c1-15-11-16(25)13-18(12-15)30-23-21(22(26)27-14-28-23)29(24(30)31)17-7-9-20(10-8-17)32-19-5-3-2-4-6-19/h2-14H,25H2,1H3,(H2,26,27,28). The summed E-state index contributed by atoms with van der Waals surface area (Å²) in [7, 11) is 0. The molecule has 0 spiro atoms. The van der Waals surface area contributed by atoms with Gasteiger partial charge in [0.2, 0.25) is 0 Å². The summed E-state index contributed by atoms with van der Waals surface area (Å²) in [4.78, 5) is 22.0. The van der Waals surface area contributed by atoms with E-state index in [0.29, 0.717) is 34.0 Å². The smallest absolute Gasteiger partial charge is 0.339 e. The molecular weight excluding hydrogens is 404 g/mol. The van der Waals surface area contributed by atoms with Crippen molar-refractivity contribution in [3.63, 3.8) is 0 Å². The molecule has 0 aliphatic carbocycles. The first kappa shape index (κ1) is 19.4. The van der Waals surface area contributed by atoms with Crippen molar-refractivity contribution in [2.75, 3.05) is 11.5 Å². The molecule has 0 fully saturated rings. The highest BCUT2D eigenvalue weighted by atomic mass is 16.5. The zero-order chi connectivity index (χ0) is 22.2. The predicted molar refractivity (Wildman–Crippen MR) is 125 cm³/mol. The Bertz CT molecular complexity index is 1470. The van der Waals surface area contributed by atoms with Gasteiger partial charge in [0.05, 0.1) is 11.4 Å². The number of benzene rings is 3. The van der Waals surface area contributed by atoms with Crippen molar-refractivity contribution >= 4 is 22.7 Å². The maximum atomic E-state index is 13.6.